The maximum absolute atomic E-state index is 11.8. The predicted molar refractivity (Wildman–Crippen MR) is 109 cm³/mol. The lowest BCUT2D eigenvalue weighted by Gasteiger charge is -2.45. The molecule has 0 unspecified atom stereocenters. The summed E-state index contributed by atoms with van der Waals surface area (Å²) in [6, 6.07) is 0. The largest absolute Gasteiger partial charge is 0.456 e. The Morgan fingerprint density at radius 1 is 0.933 bits per heavy atom. The minimum absolute atomic E-state index is 0.578. The molecule has 1 aliphatic heterocycles. The lowest BCUT2D eigenvalue weighted by atomic mass is 9.96. The van der Waals surface area contributed by atoms with Gasteiger partial charge in [-0.15, -0.1) is 6.58 Å². The average molecular weight is 427 g/mol. The molecule has 1 fully saturated rings. The third-order valence-electron chi connectivity index (χ3n) is 4.64. The third kappa shape index (κ3) is 7.91. The molecule has 0 aromatic heterocycles. The normalized spacial score (nSPS) is 27.9. The molecule has 0 bridgehead atoms. The highest BCUT2D eigenvalue weighted by molar-refractivity contribution is 5.68. The summed E-state index contributed by atoms with van der Waals surface area (Å²) in [6.07, 6.45) is 0.169. The molecule has 1 rings (SSSR count). The quantitative estimate of drug-likeness (QED) is 0.315. The Bertz CT molecular complexity index is 666. The van der Waals surface area contributed by atoms with Crippen LogP contribution in [0.4, 0.5) is 0 Å². The summed E-state index contributed by atoms with van der Waals surface area (Å²) in [5.41, 5.74) is 0.380. The second-order valence-electron chi connectivity index (χ2n) is 7.89. The molecule has 0 amide bonds. The summed E-state index contributed by atoms with van der Waals surface area (Å²) in [6.45, 7) is 15.1. The Morgan fingerprint density at radius 3 is 1.90 bits per heavy atom. The SMILES string of the molecule is C=C[C@@](C)(CCC=C(C)C)O[C@@H]1O[C@H](C)[C@@H](OC(C)=O)[C@H](OC(C)=O)[C@H]1OC(C)=O. The molecule has 0 aromatic rings. The lowest BCUT2D eigenvalue weighted by molar-refractivity contribution is -0.318. The molecule has 0 N–H and O–H groups in total. The number of hydrogen-bond donors (Lipinski definition) is 0. The van der Waals surface area contributed by atoms with Gasteiger partial charge in [0.25, 0.3) is 0 Å². The summed E-state index contributed by atoms with van der Waals surface area (Å²) in [5, 5.41) is 0. The maximum atomic E-state index is 11.8. The summed E-state index contributed by atoms with van der Waals surface area (Å²) in [5.74, 6) is -1.81. The van der Waals surface area contributed by atoms with E-state index in [0.717, 1.165) is 6.42 Å². The fourth-order valence-corrected chi connectivity index (χ4v) is 3.19. The second-order valence-corrected chi connectivity index (χ2v) is 7.89. The van der Waals surface area contributed by atoms with E-state index in [-0.39, 0.29) is 0 Å². The van der Waals surface area contributed by atoms with Gasteiger partial charge in [0.05, 0.1) is 11.7 Å². The molecule has 0 saturated carbocycles. The number of ether oxygens (including phenoxy) is 5. The highest BCUT2D eigenvalue weighted by atomic mass is 16.7. The molecule has 0 radical (unpaired) electrons. The van der Waals surface area contributed by atoms with Crippen LogP contribution in [0.3, 0.4) is 0 Å². The van der Waals surface area contributed by atoms with Crippen LogP contribution in [0, 0.1) is 0 Å². The van der Waals surface area contributed by atoms with E-state index >= 15 is 0 Å². The van der Waals surface area contributed by atoms with Crippen molar-refractivity contribution in [2.45, 2.75) is 97.6 Å². The average Bonchev–Trinajstić information content (AvgIpc) is 2.60. The molecular weight excluding hydrogens is 392 g/mol. The Kier molecular flexibility index (Phi) is 9.71. The van der Waals surface area contributed by atoms with Gasteiger partial charge in [-0.1, -0.05) is 17.7 Å². The van der Waals surface area contributed by atoms with Crippen molar-refractivity contribution in [1.29, 1.82) is 0 Å². The van der Waals surface area contributed by atoms with E-state index < -0.39 is 54.2 Å². The molecule has 1 heterocycles. The topological polar surface area (TPSA) is 97.4 Å². The van der Waals surface area contributed by atoms with E-state index in [1.807, 2.05) is 20.8 Å². The van der Waals surface area contributed by atoms with Crippen LogP contribution in [0.2, 0.25) is 0 Å². The van der Waals surface area contributed by atoms with Crippen molar-refractivity contribution in [3.05, 3.63) is 24.3 Å². The molecule has 0 aromatic carbocycles. The van der Waals surface area contributed by atoms with Gasteiger partial charge in [0.1, 0.15) is 0 Å². The van der Waals surface area contributed by atoms with Gasteiger partial charge in [-0.3, -0.25) is 14.4 Å². The first-order valence-corrected chi connectivity index (χ1v) is 10.0. The van der Waals surface area contributed by atoms with E-state index in [0.29, 0.717) is 6.42 Å². The first kappa shape index (κ1) is 25.8. The number of allylic oxidation sites excluding steroid dienone is 2. The third-order valence-corrected chi connectivity index (χ3v) is 4.64. The van der Waals surface area contributed by atoms with Gasteiger partial charge in [0, 0.05) is 20.8 Å². The van der Waals surface area contributed by atoms with Crippen LogP contribution in [0.25, 0.3) is 0 Å². The smallest absolute Gasteiger partial charge is 0.303 e. The number of rotatable bonds is 9. The first-order chi connectivity index (χ1) is 13.9. The zero-order valence-electron chi connectivity index (χ0n) is 18.9. The van der Waals surface area contributed by atoms with Gasteiger partial charge in [-0.05, 0) is 40.5 Å². The van der Waals surface area contributed by atoms with Gasteiger partial charge in [-0.25, -0.2) is 0 Å². The highest BCUT2D eigenvalue weighted by Crippen LogP contribution is 2.33. The lowest BCUT2D eigenvalue weighted by Crippen LogP contribution is -2.62. The summed E-state index contributed by atoms with van der Waals surface area (Å²) < 4.78 is 28.2. The molecule has 0 aliphatic carbocycles. The van der Waals surface area contributed by atoms with Gasteiger partial charge in [0.15, 0.2) is 24.6 Å². The Balaban J connectivity index is 3.22. The van der Waals surface area contributed by atoms with E-state index in [1.165, 1.54) is 26.3 Å². The van der Waals surface area contributed by atoms with Gasteiger partial charge in [0.2, 0.25) is 0 Å². The molecule has 8 heteroatoms. The summed E-state index contributed by atoms with van der Waals surface area (Å²) in [4.78, 5) is 35.1. The minimum Gasteiger partial charge on any atom is -0.456 e. The van der Waals surface area contributed by atoms with Gasteiger partial charge < -0.3 is 23.7 Å². The monoisotopic (exact) mass is 426 g/mol. The van der Waals surface area contributed by atoms with Crippen LogP contribution < -0.4 is 0 Å². The number of carbonyl (C=O) groups is 3. The predicted octanol–water partition coefficient (Wildman–Crippen LogP) is 3.23. The van der Waals surface area contributed by atoms with Crippen molar-refractivity contribution >= 4 is 17.9 Å². The zero-order valence-corrected chi connectivity index (χ0v) is 18.9. The van der Waals surface area contributed by atoms with E-state index in [1.54, 1.807) is 13.0 Å². The number of carbonyl (C=O) groups excluding carboxylic acids is 3. The van der Waals surface area contributed by atoms with Crippen molar-refractivity contribution in [3.63, 3.8) is 0 Å². The van der Waals surface area contributed by atoms with Crippen molar-refractivity contribution in [3.8, 4) is 0 Å². The summed E-state index contributed by atoms with van der Waals surface area (Å²) >= 11 is 0. The molecule has 170 valence electrons. The highest BCUT2D eigenvalue weighted by Gasteiger charge is 2.52. The molecular formula is C22H34O8. The minimum atomic E-state index is -1.13. The molecule has 0 spiro atoms. The van der Waals surface area contributed by atoms with Crippen LogP contribution in [0.5, 0.6) is 0 Å². The molecule has 1 saturated heterocycles. The van der Waals surface area contributed by atoms with Crippen molar-refractivity contribution in [1.82, 2.24) is 0 Å². The standard InChI is InChI=1S/C22H34O8/c1-9-22(8,12-10-11-13(2)3)30-21-20(29-17(7)25)19(28-16(6)24)18(14(4)26-21)27-15(5)23/h9,11,14,18-21H,1,10,12H2,2-8H3/t14-,18-,19+,20-,21+,22+/m1/s1. The van der Waals surface area contributed by atoms with Crippen LogP contribution >= 0.6 is 0 Å². The Labute approximate surface area is 178 Å². The fourth-order valence-electron chi connectivity index (χ4n) is 3.19. The second kappa shape index (κ2) is 11.3. The molecule has 1 aliphatic rings. The fraction of sp³-hybridized carbons (Fsp3) is 0.682. The Hall–Kier alpha value is -2.19. The van der Waals surface area contributed by atoms with Crippen molar-refractivity contribution in [2.75, 3.05) is 0 Å². The Morgan fingerprint density at radius 2 is 1.43 bits per heavy atom. The van der Waals surface area contributed by atoms with Crippen LogP contribution in [-0.4, -0.2) is 54.2 Å². The van der Waals surface area contributed by atoms with Gasteiger partial charge >= 0.3 is 17.9 Å². The zero-order chi connectivity index (χ0) is 23.1. The summed E-state index contributed by atoms with van der Waals surface area (Å²) in [7, 11) is 0. The van der Waals surface area contributed by atoms with E-state index in [9.17, 15) is 14.4 Å². The van der Waals surface area contributed by atoms with Crippen LogP contribution in [-0.2, 0) is 38.1 Å². The first-order valence-electron chi connectivity index (χ1n) is 10.0. The van der Waals surface area contributed by atoms with Crippen molar-refractivity contribution < 1.29 is 38.1 Å². The van der Waals surface area contributed by atoms with Crippen molar-refractivity contribution in [2.24, 2.45) is 0 Å². The molecule has 30 heavy (non-hydrogen) atoms. The van der Waals surface area contributed by atoms with Crippen LogP contribution in [0.15, 0.2) is 24.3 Å². The molecule has 8 nitrogen and oxygen atoms in total. The van der Waals surface area contributed by atoms with E-state index in [2.05, 4.69) is 12.7 Å². The van der Waals surface area contributed by atoms with E-state index in [4.69, 9.17) is 23.7 Å². The number of hydrogen-bond acceptors (Lipinski definition) is 8. The number of esters is 3. The molecule has 6 atom stereocenters. The maximum Gasteiger partial charge on any atom is 0.303 e. The van der Waals surface area contributed by atoms with Gasteiger partial charge in [-0.2, -0.15) is 0 Å². The van der Waals surface area contributed by atoms with Crippen LogP contribution in [0.1, 0.15) is 61.3 Å².